The molecule has 4 heteroatoms. The SMILES string of the molecule is OC1(c2ccccc2)CNN=C1c1ccc(CI)cc1. The number of β-amino-alcohol motifs (C(OH)–C–C–N with tert-alkyl or cyclic N) is 1. The molecule has 1 atom stereocenters. The Hall–Kier alpha value is -1.40. The summed E-state index contributed by atoms with van der Waals surface area (Å²) in [7, 11) is 0. The summed E-state index contributed by atoms with van der Waals surface area (Å²) in [5.41, 5.74) is 5.63. The number of hydrogen-bond donors (Lipinski definition) is 2. The van der Waals surface area contributed by atoms with E-state index in [0.29, 0.717) is 12.3 Å². The zero-order valence-electron chi connectivity index (χ0n) is 10.9. The molecule has 0 saturated heterocycles. The number of alkyl halides is 1. The van der Waals surface area contributed by atoms with Gasteiger partial charge in [-0.3, -0.25) is 0 Å². The molecule has 0 aliphatic carbocycles. The fourth-order valence-electron chi connectivity index (χ4n) is 2.42. The molecular weight excluding hydrogens is 363 g/mol. The van der Waals surface area contributed by atoms with Gasteiger partial charge in [-0.25, -0.2) is 0 Å². The summed E-state index contributed by atoms with van der Waals surface area (Å²) in [6, 6.07) is 17.9. The number of hydrazone groups is 1. The van der Waals surface area contributed by atoms with E-state index in [2.05, 4.69) is 45.3 Å². The van der Waals surface area contributed by atoms with Crippen LogP contribution >= 0.6 is 22.6 Å². The molecule has 0 radical (unpaired) electrons. The normalized spacial score (nSPS) is 21.4. The van der Waals surface area contributed by atoms with Crippen molar-refractivity contribution in [2.45, 2.75) is 10.0 Å². The Morgan fingerprint density at radius 2 is 1.80 bits per heavy atom. The van der Waals surface area contributed by atoms with Crippen molar-refractivity contribution in [3.05, 3.63) is 71.3 Å². The van der Waals surface area contributed by atoms with Crippen molar-refractivity contribution in [3.8, 4) is 0 Å². The molecule has 3 nitrogen and oxygen atoms in total. The van der Waals surface area contributed by atoms with Crippen LogP contribution in [0.15, 0.2) is 59.7 Å². The van der Waals surface area contributed by atoms with Crippen molar-refractivity contribution >= 4 is 28.3 Å². The van der Waals surface area contributed by atoms with Gasteiger partial charge in [0.05, 0.1) is 6.54 Å². The second-order valence-electron chi connectivity index (χ2n) is 4.85. The maximum Gasteiger partial charge on any atom is 0.152 e. The lowest BCUT2D eigenvalue weighted by atomic mass is 9.86. The zero-order chi connectivity index (χ0) is 14.0. The average molecular weight is 378 g/mol. The Morgan fingerprint density at radius 3 is 2.45 bits per heavy atom. The van der Waals surface area contributed by atoms with Crippen LogP contribution < -0.4 is 5.43 Å². The van der Waals surface area contributed by atoms with Crippen LogP contribution in [0.2, 0.25) is 0 Å². The van der Waals surface area contributed by atoms with Gasteiger partial charge in [-0.2, -0.15) is 5.10 Å². The minimum absolute atomic E-state index is 0.403. The van der Waals surface area contributed by atoms with E-state index >= 15 is 0 Å². The fourth-order valence-corrected chi connectivity index (χ4v) is 2.93. The third kappa shape index (κ3) is 2.33. The quantitative estimate of drug-likeness (QED) is 0.638. The van der Waals surface area contributed by atoms with Gasteiger partial charge in [-0.1, -0.05) is 77.2 Å². The molecule has 0 amide bonds. The third-order valence-electron chi connectivity index (χ3n) is 3.55. The largest absolute Gasteiger partial charge is 0.377 e. The Labute approximate surface area is 131 Å². The van der Waals surface area contributed by atoms with E-state index in [-0.39, 0.29) is 0 Å². The van der Waals surface area contributed by atoms with Crippen LogP contribution in [-0.4, -0.2) is 17.4 Å². The van der Waals surface area contributed by atoms with Gasteiger partial charge in [-0.15, -0.1) is 0 Å². The van der Waals surface area contributed by atoms with Gasteiger partial charge in [0.1, 0.15) is 5.71 Å². The molecule has 0 aromatic heterocycles. The molecule has 2 aromatic rings. The summed E-state index contributed by atoms with van der Waals surface area (Å²) in [5.74, 6) is 0. The smallest absolute Gasteiger partial charge is 0.152 e. The molecule has 1 aliphatic heterocycles. The predicted molar refractivity (Wildman–Crippen MR) is 89.0 cm³/mol. The molecule has 102 valence electrons. The van der Waals surface area contributed by atoms with Crippen LogP contribution in [0.3, 0.4) is 0 Å². The molecule has 1 unspecified atom stereocenters. The molecule has 2 N–H and O–H groups in total. The first kappa shape index (κ1) is 13.6. The first-order chi connectivity index (χ1) is 9.74. The van der Waals surface area contributed by atoms with Crippen molar-refractivity contribution in [3.63, 3.8) is 0 Å². The highest BCUT2D eigenvalue weighted by Crippen LogP contribution is 2.29. The van der Waals surface area contributed by atoms with Gasteiger partial charge < -0.3 is 10.5 Å². The summed E-state index contributed by atoms with van der Waals surface area (Å²) in [6.07, 6.45) is 0. The number of nitrogens with one attached hydrogen (secondary N) is 1. The highest BCUT2D eigenvalue weighted by Gasteiger charge is 2.39. The second kappa shape index (κ2) is 5.54. The van der Waals surface area contributed by atoms with Crippen LogP contribution in [0, 0.1) is 0 Å². The molecule has 2 aromatic carbocycles. The summed E-state index contributed by atoms with van der Waals surface area (Å²) in [4.78, 5) is 0. The Balaban J connectivity index is 1.99. The lowest BCUT2D eigenvalue weighted by molar-refractivity contribution is 0.123. The highest BCUT2D eigenvalue weighted by atomic mass is 127. The Kier molecular flexibility index (Phi) is 3.76. The molecule has 20 heavy (non-hydrogen) atoms. The predicted octanol–water partition coefficient (Wildman–Crippen LogP) is 2.82. The third-order valence-corrected chi connectivity index (χ3v) is 4.43. The van der Waals surface area contributed by atoms with Gasteiger partial charge in [0.25, 0.3) is 0 Å². The number of benzene rings is 2. The topological polar surface area (TPSA) is 44.6 Å². The van der Waals surface area contributed by atoms with Gasteiger partial charge in [-0.05, 0) is 11.1 Å². The van der Waals surface area contributed by atoms with Crippen molar-refractivity contribution in [1.82, 2.24) is 5.43 Å². The Morgan fingerprint density at radius 1 is 1.10 bits per heavy atom. The molecule has 1 heterocycles. The maximum absolute atomic E-state index is 11.0. The molecule has 0 fully saturated rings. The van der Waals surface area contributed by atoms with Crippen LogP contribution in [-0.2, 0) is 10.0 Å². The molecule has 0 bridgehead atoms. The Bertz CT molecular complexity index is 625. The molecule has 0 spiro atoms. The molecule has 0 saturated carbocycles. The van der Waals surface area contributed by atoms with E-state index in [1.165, 1.54) is 5.56 Å². The van der Waals surface area contributed by atoms with E-state index in [0.717, 1.165) is 15.6 Å². The van der Waals surface area contributed by atoms with Crippen molar-refractivity contribution < 1.29 is 5.11 Å². The summed E-state index contributed by atoms with van der Waals surface area (Å²) in [5, 5.41) is 15.3. The van der Waals surface area contributed by atoms with E-state index in [1.807, 2.05) is 42.5 Å². The van der Waals surface area contributed by atoms with E-state index in [4.69, 9.17) is 0 Å². The standard InChI is InChI=1S/C16H15IN2O/c17-10-12-6-8-13(9-7-12)15-16(20,11-18-19-15)14-4-2-1-3-5-14/h1-9,18,20H,10-11H2. The van der Waals surface area contributed by atoms with Crippen molar-refractivity contribution in [2.75, 3.05) is 6.54 Å². The zero-order valence-corrected chi connectivity index (χ0v) is 13.0. The number of halogens is 1. The van der Waals surface area contributed by atoms with Gasteiger partial charge in [0.15, 0.2) is 5.60 Å². The molecular formula is C16H15IN2O. The minimum atomic E-state index is -1.06. The lowest BCUT2D eigenvalue weighted by Crippen LogP contribution is -2.37. The summed E-state index contributed by atoms with van der Waals surface area (Å²) >= 11 is 2.34. The van der Waals surface area contributed by atoms with Crippen LogP contribution in [0.1, 0.15) is 16.7 Å². The van der Waals surface area contributed by atoms with Gasteiger partial charge >= 0.3 is 0 Å². The van der Waals surface area contributed by atoms with Crippen molar-refractivity contribution in [1.29, 1.82) is 0 Å². The number of nitrogens with zero attached hydrogens (tertiary/aromatic N) is 1. The van der Waals surface area contributed by atoms with Crippen molar-refractivity contribution in [2.24, 2.45) is 5.10 Å². The van der Waals surface area contributed by atoms with Gasteiger partial charge in [0, 0.05) is 9.99 Å². The summed E-state index contributed by atoms with van der Waals surface area (Å²) < 4.78 is 0.978. The van der Waals surface area contributed by atoms with Gasteiger partial charge in [0.2, 0.25) is 0 Å². The van der Waals surface area contributed by atoms with E-state index < -0.39 is 5.60 Å². The van der Waals surface area contributed by atoms with E-state index in [9.17, 15) is 5.11 Å². The minimum Gasteiger partial charge on any atom is -0.377 e. The van der Waals surface area contributed by atoms with E-state index in [1.54, 1.807) is 0 Å². The monoisotopic (exact) mass is 378 g/mol. The van der Waals surface area contributed by atoms with Crippen LogP contribution in [0.25, 0.3) is 0 Å². The van der Waals surface area contributed by atoms with Crippen LogP contribution in [0.4, 0.5) is 0 Å². The fraction of sp³-hybridized carbons (Fsp3) is 0.188. The first-order valence-corrected chi connectivity index (χ1v) is 8.01. The number of aliphatic hydroxyl groups is 1. The highest BCUT2D eigenvalue weighted by molar-refractivity contribution is 14.1. The first-order valence-electron chi connectivity index (χ1n) is 6.48. The molecule has 1 aliphatic rings. The summed E-state index contributed by atoms with van der Waals surface area (Å²) in [6.45, 7) is 0.403. The molecule has 3 rings (SSSR count). The average Bonchev–Trinajstić information content (AvgIpc) is 2.91. The lowest BCUT2D eigenvalue weighted by Gasteiger charge is -2.24. The maximum atomic E-state index is 11.0. The second-order valence-corrected chi connectivity index (χ2v) is 5.61. The van der Waals surface area contributed by atoms with Crippen LogP contribution in [0.5, 0.6) is 0 Å². The number of rotatable bonds is 3. The number of hydrogen-bond acceptors (Lipinski definition) is 3.